The highest BCUT2D eigenvalue weighted by Crippen LogP contribution is 2.49. The lowest BCUT2D eigenvalue weighted by Gasteiger charge is -2.47. The molecule has 0 saturated carbocycles. The molecule has 542 valence electrons. The van der Waals surface area contributed by atoms with Crippen molar-refractivity contribution in [3.8, 4) is 0 Å². The van der Waals surface area contributed by atoms with Gasteiger partial charge in [0.25, 0.3) is 11.8 Å². The summed E-state index contributed by atoms with van der Waals surface area (Å²) in [4.78, 5) is 104. The second-order valence-electron chi connectivity index (χ2n) is 28.1. The van der Waals surface area contributed by atoms with E-state index in [0.29, 0.717) is 56.2 Å². The highest BCUT2D eigenvalue weighted by Gasteiger charge is 2.60. The number of primary amides is 1. The van der Waals surface area contributed by atoms with Gasteiger partial charge in [-0.1, -0.05) is 46.1 Å². The van der Waals surface area contributed by atoms with Gasteiger partial charge in [-0.2, -0.15) is 0 Å². The molecule has 1 spiro atoms. The van der Waals surface area contributed by atoms with Crippen LogP contribution in [0.15, 0.2) is 60.7 Å². The molecule has 9 heterocycles. The molecular weight excluding hydrogens is 1270 g/mol. The smallest absolute Gasteiger partial charge is 0.407 e. The molecule has 28 nitrogen and oxygen atoms in total. The van der Waals surface area contributed by atoms with Crippen LogP contribution in [0, 0.1) is 17.8 Å². The molecule has 9 aliphatic heterocycles. The number of nitrogens with one attached hydrogen (secondary N) is 5. The summed E-state index contributed by atoms with van der Waals surface area (Å²) in [6.45, 7) is 14.9. The number of Topliss-reactive ketones (excluding diaryl/α,β-unsaturated/α-hetero) is 1. The van der Waals surface area contributed by atoms with E-state index in [-0.39, 0.29) is 152 Å². The van der Waals surface area contributed by atoms with E-state index in [1.165, 1.54) is 12.2 Å². The molecule has 8 fully saturated rings. The van der Waals surface area contributed by atoms with Gasteiger partial charge in [0.15, 0.2) is 5.79 Å². The molecule has 10 rings (SSSR count). The summed E-state index contributed by atoms with van der Waals surface area (Å²) in [7, 11) is 1.57. The molecule has 8 saturated heterocycles. The molecule has 0 aromatic heterocycles. The largest absolute Gasteiger partial charge is 0.445 e. The molecule has 1 aromatic carbocycles. The Morgan fingerprint density at radius 2 is 1.50 bits per heavy atom. The average molecular weight is 1380 g/mol. The second kappa shape index (κ2) is 34.4. The van der Waals surface area contributed by atoms with Crippen molar-refractivity contribution in [3.63, 3.8) is 0 Å². The lowest BCUT2D eigenvalue weighted by molar-refractivity contribution is -0.277. The number of rotatable bonds is 26. The van der Waals surface area contributed by atoms with Crippen LogP contribution in [0.4, 0.5) is 15.3 Å². The highest BCUT2D eigenvalue weighted by atomic mass is 16.7. The standard InChI is InChI=1S/C70H101N7O21/c1-38(2)62(76-59(81)20-24-89-26-27-90-25-23-77-60(82)17-18-61(77)83)67(85)75-50(8-7-22-72-68(71)86)66(84)74-43-11-9-42(10-12-43)37-91-69(87)73-36-45(79)32-56-63(88-6)49-31-44(78)30-47-14-16-53-65(94-47)58-34-57(95-53)64-51(80)35-70(97-58,98-64)21-19-48-29-40(4)52(92-48)15-13-46-28-39(3)41(5)54(93-46)33-55(49)96-56/h9-12,17-18,38-39,45-58,62-65,79-80H,4-5,7-8,13-16,19-37H2,1-3,6H3,(H,73,87)(H,74,84)(H,75,85)(H,76,81)(H3,71,72,86)/t39-,45+,46+,47-,48+,49+,50+,51-,52+,53+,54-,55?,56-,57?,58-,62+,63-,64-,65+,70-/m1/s1. The third-order valence-electron chi connectivity index (χ3n) is 20.5. The number of nitrogens with two attached hydrogens (primary N) is 1. The van der Waals surface area contributed by atoms with Crippen LogP contribution >= 0.6 is 0 Å². The van der Waals surface area contributed by atoms with Gasteiger partial charge >= 0.3 is 12.1 Å². The molecule has 28 heteroatoms. The maximum atomic E-state index is 14.5. The van der Waals surface area contributed by atoms with Crippen LogP contribution in [0.25, 0.3) is 0 Å². The van der Waals surface area contributed by atoms with Crippen molar-refractivity contribution >= 4 is 53.1 Å². The van der Waals surface area contributed by atoms with Gasteiger partial charge in [0.1, 0.15) is 36.7 Å². The molecule has 10 bridgehead atoms. The first kappa shape index (κ1) is 74.4. The fourth-order valence-electron chi connectivity index (χ4n) is 15.3. The Kier molecular flexibility index (Phi) is 26.1. The molecule has 0 radical (unpaired) electrons. The van der Waals surface area contributed by atoms with E-state index in [0.717, 1.165) is 41.7 Å². The molecule has 9 N–H and O–H groups in total. The van der Waals surface area contributed by atoms with E-state index in [1.807, 2.05) is 0 Å². The van der Waals surface area contributed by atoms with Crippen LogP contribution in [0.5, 0.6) is 0 Å². The highest BCUT2D eigenvalue weighted by molar-refractivity contribution is 6.12. The van der Waals surface area contributed by atoms with Crippen LogP contribution in [0.3, 0.4) is 0 Å². The number of amides is 8. The predicted molar refractivity (Wildman–Crippen MR) is 350 cm³/mol. The third-order valence-corrected chi connectivity index (χ3v) is 20.5. The third kappa shape index (κ3) is 19.6. The van der Waals surface area contributed by atoms with E-state index < -0.39 is 114 Å². The average Bonchev–Trinajstić information content (AvgIpc) is 1.57. The molecule has 2 unspecified atom stereocenters. The number of aliphatic hydroxyl groups excluding tert-OH is 2. The number of carbonyl (C=O) groups excluding carboxylic acids is 8. The zero-order chi connectivity index (χ0) is 69.8. The van der Waals surface area contributed by atoms with Gasteiger partial charge in [-0.25, -0.2) is 9.59 Å². The van der Waals surface area contributed by atoms with Gasteiger partial charge in [0, 0.05) is 95.3 Å². The summed E-state index contributed by atoms with van der Waals surface area (Å²) in [5.41, 5.74) is 8.16. The number of anilines is 1. The van der Waals surface area contributed by atoms with Gasteiger partial charge in [0.05, 0.1) is 112 Å². The van der Waals surface area contributed by atoms with Crippen LogP contribution in [-0.4, -0.2) is 225 Å². The molecule has 9 aliphatic rings. The number of alkyl carbamates (subject to hydrolysis) is 1. The number of methoxy groups -OCH3 is 1. The first-order valence-electron chi connectivity index (χ1n) is 35.0. The van der Waals surface area contributed by atoms with Crippen molar-refractivity contribution in [2.24, 2.45) is 23.5 Å². The predicted octanol–water partition coefficient (Wildman–Crippen LogP) is 3.75. The van der Waals surface area contributed by atoms with E-state index >= 15 is 0 Å². The van der Waals surface area contributed by atoms with E-state index in [4.69, 9.17) is 57.8 Å². The topological polar surface area (TPSA) is 368 Å². The number of aliphatic hydroxyl groups is 2. The Morgan fingerprint density at radius 3 is 2.24 bits per heavy atom. The Labute approximate surface area is 572 Å². The second-order valence-corrected chi connectivity index (χ2v) is 28.1. The van der Waals surface area contributed by atoms with E-state index in [2.05, 4.69) is 46.7 Å². The maximum Gasteiger partial charge on any atom is 0.407 e. The molecule has 20 atom stereocenters. The van der Waals surface area contributed by atoms with Crippen LogP contribution in [0.2, 0.25) is 0 Å². The summed E-state index contributed by atoms with van der Waals surface area (Å²) in [6, 6.07) is 3.57. The van der Waals surface area contributed by atoms with E-state index in [1.54, 1.807) is 45.2 Å². The molecule has 0 aliphatic carbocycles. The fraction of sp³-hybridized carbons (Fsp3) is 0.714. The zero-order valence-corrected chi connectivity index (χ0v) is 56.8. The molecule has 98 heavy (non-hydrogen) atoms. The Balaban J connectivity index is 0.704. The van der Waals surface area contributed by atoms with Gasteiger partial charge in [0.2, 0.25) is 17.7 Å². The van der Waals surface area contributed by atoms with Crippen molar-refractivity contribution in [3.05, 3.63) is 66.3 Å². The van der Waals surface area contributed by atoms with Crippen molar-refractivity contribution in [2.75, 3.05) is 58.5 Å². The summed E-state index contributed by atoms with van der Waals surface area (Å²) in [5.74, 6) is -4.19. The molecule has 1 aromatic rings. The normalized spacial score (nSPS) is 33.3. The monoisotopic (exact) mass is 1380 g/mol. The van der Waals surface area contributed by atoms with Crippen LogP contribution in [-0.2, 0) is 87.5 Å². The fourth-order valence-corrected chi connectivity index (χ4v) is 15.3. The summed E-state index contributed by atoms with van der Waals surface area (Å²) in [5, 5.41) is 36.2. The number of ketones is 1. The minimum absolute atomic E-state index is 0.0177. The first-order chi connectivity index (χ1) is 47.0. The minimum Gasteiger partial charge on any atom is -0.445 e. The van der Waals surface area contributed by atoms with Gasteiger partial charge in [-0.15, -0.1) is 0 Å². The maximum absolute atomic E-state index is 14.5. The number of hydrogen-bond donors (Lipinski definition) is 8. The Bertz CT molecular complexity index is 3010. The van der Waals surface area contributed by atoms with Crippen LogP contribution < -0.4 is 32.3 Å². The number of nitrogens with zero attached hydrogens (tertiary/aromatic N) is 1. The molecular formula is C70H101N7O21. The SMILES string of the molecule is C=C1C[C@@H]2CC[C@]34C[C@@H](O)[C@@H](O3)C3C[C@@H](O4)[C@H]4O[C@H](CC[C@@H]4O3)CC(=O)C[C@H]3C(C[C@H]4O[C@@H](CC[C@@H]1O2)C[C@@H](C)C4=C)O[C@H](C[C@H](O)CNC(=O)OCc1ccc(NC(=O)[C@H](CCCNC(N)=O)NC(=O)[C@@H](NC(=O)CCOCCOCCN2C(=O)C=CC2=O)C(C)C)cc1)[C@@H]3OC. The van der Waals surface area contributed by atoms with Gasteiger partial charge in [-0.3, -0.25) is 33.7 Å². The minimum atomic E-state index is -1.11. The molecule has 8 amide bonds. The number of fused-ring (bicyclic) bond motifs is 9. The van der Waals surface area contributed by atoms with Gasteiger partial charge in [-0.05, 0) is 98.5 Å². The summed E-state index contributed by atoms with van der Waals surface area (Å²) >= 11 is 0. The first-order valence-corrected chi connectivity index (χ1v) is 35.0. The lowest BCUT2D eigenvalue weighted by Crippen LogP contribution is -2.58. The zero-order valence-electron chi connectivity index (χ0n) is 56.8. The van der Waals surface area contributed by atoms with Crippen molar-refractivity contribution in [2.45, 2.75) is 246 Å². The Hall–Kier alpha value is -6.28. The summed E-state index contributed by atoms with van der Waals surface area (Å²) in [6.07, 6.45) is 2.13. The number of imide groups is 1. The van der Waals surface area contributed by atoms with Crippen molar-refractivity contribution < 1.29 is 101 Å². The van der Waals surface area contributed by atoms with Gasteiger partial charge < -0.3 is 94.6 Å². The quantitative estimate of drug-likeness (QED) is 0.0372. The Morgan fingerprint density at radius 1 is 0.765 bits per heavy atom. The number of hydrogen-bond acceptors (Lipinski definition) is 21. The van der Waals surface area contributed by atoms with E-state index in [9.17, 15) is 48.6 Å². The lowest BCUT2D eigenvalue weighted by atomic mass is 9.81. The number of carbonyl (C=O) groups is 8. The number of benzene rings is 1. The van der Waals surface area contributed by atoms with Crippen LogP contribution in [0.1, 0.15) is 135 Å². The van der Waals surface area contributed by atoms with Crippen molar-refractivity contribution in [1.29, 1.82) is 0 Å². The number of urea groups is 1. The summed E-state index contributed by atoms with van der Waals surface area (Å²) < 4.78 is 70.1. The number of ether oxygens (including phenoxy) is 11. The van der Waals surface area contributed by atoms with Crippen molar-refractivity contribution in [1.82, 2.24) is 26.2 Å².